The highest BCUT2D eigenvalue weighted by Gasteiger charge is 2.26. The monoisotopic (exact) mass is 262 g/mol. The third-order valence-electron chi connectivity index (χ3n) is 3.08. The molecule has 19 heavy (non-hydrogen) atoms. The van der Waals surface area contributed by atoms with Gasteiger partial charge in [-0.3, -0.25) is 5.41 Å². The second kappa shape index (κ2) is 4.12. The van der Waals surface area contributed by atoms with Gasteiger partial charge in [0.25, 0.3) is 0 Å². The van der Waals surface area contributed by atoms with Gasteiger partial charge in [0.15, 0.2) is 0 Å². The maximum Gasteiger partial charge on any atom is 0.133 e. The van der Waals surface area contributed by atoms with Crippen molar-refractivity contribution in [3.63, 3.8) is 0 Å². The minimum absolute atomic E-state index is 0.0412. The summed E-state index contributed by atoms with van der Waals surface area (Å²) in [5.74, 6) is -1.80. The van der Waals surface area contributed by atoms with Gasteiger partial charge in [-0.25, -0.2) is 13.2 Å². The van der Waals surface area contributed by atoms with Gasteiger partial charge in [0.2, 0.25) is 0 Å². The van der Waals surface area contributed by atoms with Crippen LogP contribution in [0.25, 0.3) is 0 Å². The molecular weight excluding hydrogens is 253 g/mol. The van der Waals surface area contributed by atoms with Gasteiger partial charge >= 0.3 is 0 Å². The van der Waals surface area contributed by atoms with Crippen molar-refractivity contribution in [3.8, 4) is 0 Å². The van der Waals surface area contributed by atoms with E-state index in [0.717, 1.165) is 23.8 Å². The summed E-state index contributed by atoms with van der Waals surface area (Å²) in [6.45, 7) is 0.303. The molecule has 1 aliphatic rings. The van der Waals surface area contributed by atoms with Crippen LogP contribution in [-0.2, 0) is 6.54 Å². The van der Waals surface area contributed by atoms with E-state index >= 15 is 0 Å². The molecule has 96 valence electrons. The normalized spacial score (nSPS) is 13.8. The Hall–Kier alpha value is -2.30. The minimum atomic E-state index is -0.704. The van der Waals surface area contributed by atoms with Crippen LogP contribution in [0, 0.1) is 22.9 Å². The van der Waals surface area contributed by atoms with Gasteiger partial charge in [-0.15, -0.1) is 0 Å². The van der Waals surface area contributed by atoms with E-state index in [1.165, 1.54) is 17.0 Å². The van der Waals surface area contributed by atoms with E-state index in [9.17, 15) is 13.2 Å². The highest BCUT2D eigenvalue weighted by molar-refractivity contribution is 6.11. The van der Waals surface area contributed by atoms with E-state index in [1.807, 2.05) is 0 Å². The van der Waals surface area contributed by atoms with Crippen LogP contribution >= 0.6 is 0 Å². The van der Waals surface area contributed by atoms with Gasteiger partial charge in [0.1, 0.15) is 23.3 Å². The molecule has 0 amide bonds. The number of halogens is 3. The highest BCUT2D eigenvalue weighted by Crippen LogP contribution is 2.29. The van der Waals surface area contributed by atoms with E-state index in [2.05, 4.69) is 0 Å². The van der Waals surface area contributed by atoms with Crippen molar-refractivity contribution in [2.24, 2.45) is 0 Å². The molecule has 0 saturated heterocycles. The van der Waals surface area contributed by atoms with Crippen LogP contribution in [0.2, 0.25) is 0 Å². The van der Waals surface area contributed by atoms with Crippen LogP contribution in [0.1, 0.15) is 11.1 Å². The standard InChI is InChI=1S/C14H9F3N2/c15-9-2-1-8-7-19(14(18)13(8)6-9)12-4-10(16)3-11(17)5-12/h1-6,18H,7H2. The molecule has 2 aromatic carbocycles. The number of benzene rings is 2. The zero-order valence-corrected chi connectivity index (χ0v) is 9.75. The summed E-state index contributed by atoms with van der Waals surface area (Å²) in [7, 11) is 0. The Morgan fingerprint density at radius 1 is 0.895 bits per heavy atom. The quantitative estimate of drug-likeness (QED) is 0.837. The highest BCUT2D eigenvalue weighted by atomic mass is 19.1. The summed E-state index contributed by atoms with van der Waals surface area (Å²) in [5, 5.41) is 7.98. The van der Waals surface area contributed by atoms with Crippen molar-refractivity contribution >= 4 is 11.5 Å². The summed E-state index contributed by atoms with van der Waals surface area (Å²) >= 11 is 0. The van der Waals surface area contributed by atoms with E-state index in [1.54, 1.807) is 6.07 Å². The Bertz CT molecular complexity index is 662. The Morgan fingerprint density at radius 2 is 1.58 bits per heavy atom. The van der Waals surface area contributed by atoms with Crippen LogP contribution in [-0.4, -0.2) is 5.84 Å². The molecule has 0 atom stereocenters. The molecule has 1 heterocycles. The zero-order chi connectivity index (χ0) is 13.6. The van der Waals surface area contributed by atoms with E-state index < -0.39 is 17.5 Å². The number of fused-ring (bicyclic) bond motifs is 1. The lowest BCUT2D eigenvalue weighted by Crippen LogP contribution is -2.23. The molecule has 0 radical (unpaired) electrons. The molecule has 3 rings (SSSR count). The first kappa shape index (κ1) is 11.8. The summed E-state index contributed by atoms with van der Waals surface area (Å²) < 4.78 is 39.6. The van der Waals surface area contributed by atoms with Crippen LogP contribution in [0.4, 0.5) is 18.9 Å². The number of hydrogen-bond donors (Lipinski definition) is 1. The molecule has 0 fully saturated rings. The zero-order valence-electron chi connectivity index (χ0n) is 9.75. The predicted octanol–water partition coefficient (Wildman–Crippen LogP) is 3.45. The molecule has 0 unspecified atom stereocenters. The van der Waals surface area contributed by atoms with Crippen molar-refractivity contribution in [3.05, 3.63) is 65.0 Å². The van der Waals surface area contributed by atoms with E-state index in [-0.39, 0.29) is 11.5 Å². The molecule has 1 aliphatic heterocycles. The molecule has 0 saturated carbocycles. The number of nitrogens with zero attached hydrogens (tertiary/aromatic N) is 1. The fourth-order valence-corrected chi connectivity index (χ4v) is 2.22. The maximum absolute atomic E-state index is 13.2. The number of amidine groups is 1. The summed E-state index contributed by atoms with van der Waals surface area (Å²) in [4.78, 5) is 1.44. The summed E-state index contributed by atoms with van der Waals surface area (Å²) in [5.41, 5.74) is 1.46. The molecule has 1 N–H and O–H groups in total. The number of rotatable bonds is 1. The SMILES string of the molecule is N=C1c2cc(F)ccc2CN1c1cc(F)cc(F)c1. The third kappa shape index (κ3) is 1.97. The van der Waals surface area contributed by atoms with Crippen molar-refractivity contribution in [2.75, 3.05) is 4.90 Å². The second-order valence-electron chi connectivity index (χ2n) is 4.36. The molecule has 2 aromatic rings. The second-order valence-corrected chi connectivity index (χ2v) is 4.36. The topological polar surface area (TPSA) is 27.1 Å². The molecule has 2 nitrogen and oxygen atoms in total. The van der Waals surface area contributed by atoms with Gasteiger partial charge in [-0.1, -0.05) is 6.07 Å². The Kier molecular flexibility index (Phi) is 2.55. The molecule has 0 aliphatic carbocycles. The molecular formula is C14H9F3N2. The number of anilines is 1. The predicted molar refractivity (Wildman–Crippen MR) is 65.8 cm³/mol. The first-order valence-corrected chi connectivity index (χ1v) is 5.65. The van der Waals surface area contributed by atoms with Crippen molar-refractivity contribution < 1.29 is 13.2 Å². The summed E-state index contributed by atoms with van der Waals surface area (Å²) in [6.07, 6.45) is 0. The average molecular weight is 262 g/mol. The Labute approximate surface area is 107 Å². The van der Waals surface area contributed by atoms with E-state index in [0.29, 0.717) is 12.1 Å². The fourth-order valence-electron chi connectivity index (χ4n) is 2.22. The van der Waals surface area contributed by atoms with Gasteiger partial charge in [-0.2, -0.15) is 0 Å². The first-order chi connectivity index (χ1) is 9.04. The van der Waals surface area contributed by atoms with Crippen molar-refractivity contribution in [2.45, 2.75) is 6.54 Å². The van der Waals surface area contributed by atoms with Gasteiger partial charge in [-0.05, 0) is 29.8 Å². The van der Waals surface area contributed by atoms with Crippen LogP contribution in [0.5, 0.6) is 0 Å². The molecule has 0 aromatic heterocycles. The van der Waals surface area contributed by atoms with Crippen molar-refractivity contribution in [1.29, 1.82) is 5.41 Å². The number of nitrogens with one attached hydrogen (secondary N) is 1. The Balaban J connectivity index is 2.04. The molecule has 5 heteroatoms. The fraction of sp³-hybridized carbons (Fsp3) is 0.0714. The third-order valence-corrected chi connectivity index (χ3v) is 3.08. The van der Waals surface area contributed by atoms with Crippen LogP contribution in [0.15, 0.2) is 36.4 Å². The average Bonchev–Trinajstić information content (AvgIpc) is 2.66. The maximum atomic E-state index is 13.2. The largest absolute Gasteiger partial charge is 0.322 e. The van der Waals surface area contributed by atoms with Gasteiger partial charge in [0, 0.05) is 17.3 Å². The first-order valence-electron chi connectivity index (χ1n) is 5.65. The summed E-state index contributed by atoms with van der Waals surface area (Å²) in [6, 6.07) is 7.22. The van der Waals surface area contributed by atoms with Crippen molar-refractivity contribution in [1.82, 2.24) is 0 Å². The van der Waals surface area contributed by atoms with E-state index in [4.69, 9.17) is 5.41 Å². The molecule has 0 bridgehead atoms. The van der Waals surface area contributed by atoms with Gasteiger partial charge in [0.05, 0.1) is 6.54 Å². The smallest absolute Gasteiger partial charge is 0.133 e. The molecule has 0 spiro atoms. The minimum Gasteiger partial charge on any atom is -0.322 e. The lowest BCUT2D eigenvalue weighted by molar-refractivity contribution is 0.583. The van der Waals surface area contributed by atoms with Crippen LogP contribution in [0.3, 0.4) is 0 Å². The van der Waals surface area contributed by atoms with Crippen LogP contribution < -0.4 is 4.90 Å². The Morgan fingerprint density at radius 3 is 2.26 bits per heavy atom. The number of hydrogen-bond acceptors (Lipinski definition) is 1. The lowest BCUT2D eigenvalue weighted by Gasteiger charge is -2.18. The van der Waals surface area contributed by atoms with Gasteiger partial charge < -0.3 is 4.90 Å². The lowest BCUT2D eigenvalue weighted by atomic mass is 10.1.